The molecule has 4 heteroatoms. The number of carbonyl (C=O) groups excluding carboxylic acids is 1. The van der Waals surface area contributed by atoms with Gasteiger partial charge in [0.1, 0.15) is 0 Å². The van der Waals surface area contributed by atoms with Crippen molar-refractivity contribution in [2.45, 2.75) is 58.0 Å². The third-order valence-corrected chi connectivity index (χ3v) is 6.19. The molecular weight excluding hydrogens is 262 g/mol. The van der Waals surface area contributed by atoms with Crippen molar-refractivity contribution in [3.8, 4) is 0 Å². The summed E-state index contributed by atoms with van der Waals surface area (Å²) in [6.45, 7) is 8.51. The summed E-state index contributed by atoms with van der Waals surface area (Å²) in [7, 11) is 0. The quantitative estimate of drug-likeness (QED) is 0.831. The van der Waals surface area contributed by atoms with Crippen molar-refractivity contribution in [1.29, 1.82) is 0 Å². The van der Waals surface area contributed by atoms with E-state index >= 15 is 0 Å². The van der Waals surface area contributed by atoms with Crippen LogP contribution in [0.15, 0.2) is 0 Å². The number of nitrogens with zero attached hydrogens (tertiary/aromatic N) is 1. The molecule has 0 radical (unpaired) electrons. The maximum Gasteiger partial charge on any atom is 0.234 e. The van der Waals surface area contributed by atoms with Gasteiger partial charge in [0.25, 0.3) is 0 Å². The van der Waals surface area contributed by atoms with Gasteiger partial charge >= 0.3 is 0 Å². The minimum absolute atomic E-state index is 0.244. The highest BCUT2D eigenvalue weighted by atomic mass is 16.2. The lowest BCUT2D eigenvalue weighted by atomic mass is 9.78. The number of carbonyl (C=O) groups is 1. The second-order valence-corrected chi connectivity index (χ2v) is 7.54. The summed E-state index contributed by atoms with van der Waals surface area (Å²) < 4.78 is 0. The summed E-state index contributed by atoms with van der Waals surface area (Å²) in [5, 5.41) is 6.81. The predicted octanol–water partition coefficient (Wildman–Crippen LogP) is 1.61. The molecule has 120 valence electrons. The molecule has 1 saturated carbocycles. The van der Waals surface area contributed by atoms with Crippen LogP contribution >= 0.6 is 0 Å². The van der Waals surface area contributed by atoms with Crippen LogP contribution in [0.3, 0.4) is 0 Å². The van der Waals surface area contributed by atoms with E-state index in [1.54, 1.807) is 0 Å². The van der Waals surface area contributed by atoms with Crippen LogP contribution in [0.25, 0.3) is 0 Å². The molecule has 2 aliphatic heterocycles. The van der Waals surface area contributed by atoms with Gasteiger partial charge in [0.05, 0.1) is 6.54 Å². The Morgan fingerprint density at radius 2 is 2.05 bits per heavy atom. The smallest absolute Gasteiger partial charge is 0.234 e. The van der Waals surface area contributed by atoms with Gasteiger partial charge in [-0.2, -0.15) is 0 Å². The molecule has 3 rings (SSSR count). The van der Waals surface area contributed by atoms with Crippen molar-refractivity contribution in [3.63, 3.8) is 0 Å². The van der Waals surface area contributed by atoms with Gasteiger partial charge in [-0.15, -0.1) is 0 Å². The van der Waals surface area contributed by atoms with Gasteiger partial charge in [0.2, 0.25) is 5.91 Å². The summed E-state index contributed by atoms with van der Waals surface area (Å²) in [4.78, 5) is 14.9. The molecule has 4 nitrogen and oxygen atoms in total. The second-order valence-electron chi connectivity index (χ2n) is 7.54. The Hall–Kier alpha value is -0.610. The number of amides is 1. The molecule has 1 amide bonds. The third kappa shape index (κ3) is 3.42. The molecular formula is C17H31N3O. The van der Waals surface area contributed by atoms with Crippen molar-refractivity contribution in [2.75, 3.05) is 26.2 Å². The summed E-state index contributed by atoms with van der Waals surface area (Å²) in [6.07, 6.45) is 6.30. The zero-order chi connectivity index (χ0) is 14.8. The fourth-order valence-corrected chi connectivity index (χ4v) is 4.58. The number of rotatable bonds is 3. The van der Waals surface area contributed by atoms with Crippen LogP contribution in [-0.4, -0.2) is 49.1 Å². The lowest BCUT2D eigenvalue weighted by Crippen LogP contribution is -2.52. The SMILES string of the molecule is CC1CCCC(NC(=O)CN2CCCC3CNCC32)C1C. The highest BCUT2D eigenvalue weighted by molar-refractivity contribution is 5.78. The van der Waals surface area contributed by atoms with E-state index < -0.39 is 0 Å². The average Bonchev–Trinajstić information content (AvgIpc) is 2.93. The fraction of sp³-hybridized carbons (Fsp3) is 0.941. The van der Waals surface area contributed by atoms with Gasteiger partial charge in [-0.25, -0.2) is 0 Å². The Bertz CT molecular complexity index is 373. The van der Waals surface area contributed by atoms with Crippen molar-refractivity contribution in [3.05, 3.63) is 0 Å². The van der Waals surface area contributed by atoms with E-state index in [1.807, 2.05) is 0 Å². The maximum atomic E-state index is 12.4. The van der Waals surface area contributed by atoms with E-state index in [-0.39, 0.29) is 5.91 Å². The van der Waals surface area contributed by atoms with E-state index in [2.05, 4.69) is 29.4 Å². The van der Waals surface area contributed by atoms with Gasteiger partial charge in [-0.3, -0.25) is 9.69 Å². The Labute approximate surface area is 129 Å². The zero-order valence-corrected chi connectivity index (χ0v) is 13.6. The highest BCUT2D eigenvalue weighted by Gasteiger charge is 2.36. The maximum absolute atomic E-state index is 12.4. The lowest BCUT2D eigenvalue weighted by Gasteiger charge is -2.38. The average molecular weight is 293 g/mol. The van der Waals surface area contributed by atoms with E-state index in [4.69, 9.17) is 0 Å². The fourth-order valence-electron chi connectivity index (χ4n) is 4.58. The Morgan fingerprint density at radius 3 is 2.90 bits per heavy atom. The first-order chi connectivity index (χ1) is 10.1. The van der Waals surface area contributed by atoms with Crippen molar-refractivity contribution in [1.82, 2.24) is 15.5 Å². The molecule has 3 aliphatic rings. The molecule has 5 atom stereocenters. The van der Waals surface area contributed by atoms with Crippen LogP contribution in [0.1, 0.15) is 46.0 Å². The Kier molecular flexibility index (Phi) is 4.85. The van der Waals surface area contributed by atoms with Crippen molar-refractivity contribution >= 4 is 5.91 Å². The minimum atomic E-state index is 0.244. The third-order valence-electron chi connectivity index (χ3n) is 6.19. The van der Waals surface area contributed by atoms with Crippen molar-refractivity contribution in [2.24, 2.45) is 17.8 Å². The molecule has 3 fully saturated rings. The second kappa shape index (κ2) is 6.66. The molecule has 5 unspecified atom stereocenters. The first-order valence-electron chi connectivity index (χ1n) is 8.89. The number of nitrogens with one attached hydrogen (secondary N) is 2. The first kappa shape index (κ1) is 15.3. The summed E-state index contributed by atoms with van der Waals surface area (Å²) in [5.41, 5.74) is 0. The van der Waals surface area contributed by atoms with Crippen LogP contribution in [0, 0.1) is 17.8 Å². The first-order valence-corrected chi connectivity index (χ1v) is 8.89. The summed E-state index contributed by atoms with van der Waals surface area (Å²) >= 11 is 0. The van der Waals surface area contributed by atoms with Crippen LogP contribution < -0.4 is 10.6 Å². The lowest BCUT2D eigenvalue weighted by molar-refractivity contribution is -0.124. The van der Waals surface area contributed by atoms with Crippen LogP contribution in [0.5, 0.6) is 0 Å². The highest BCUT2D eigenvalue weighted by Crippen LogP contribution is 2.30. The number of hydrogen-bond acceptors (Lipinski definition) is 3. The van der Waals surface area contributed by atoms with E-state index in [1.165, 1.54) is 25.7 Å². The summed E-state index contributed by atoms with van der Waals surface area (Å²) in [5.74, 6) is 2.36. The van der Waals surface area contributed by atoms with E-state index in [9.17, 15) is 4.79 Å². The van der Waals surface area contributed by atoms with E-state index in [0.717, 1.165) is 37.9 Å². The zero-order valence-electron chi connectivity index (χ0n) is 13.6. The largest absolute Gasteiger partial charge is 0.352 e. The van der Waals surface area contributed by atoms with E-state index in [0.29, 0.717) is 24.5 Å². The topological polar surface area (TPSA) is 44.4 Å². The number of piperidine rings is 1. The number of likely N-dealkylation sites (tertiary alicyclic amines) is 1. The molecule has 0 aromatic heterocycles. The molecule has 0 spiro atoms. The Morgan fingerprint density at radius 1 is 1.19 bits per heavy atom. The minimum Gasteiger partial charge on any atom is -0.352 e. The van der Waals surface area contributed by atoms with Gasteiger partial charge in [0.15, 0.2) is 0 Å². The number of hydrogen-bond donors (Lipinski definition) is 2. The number of fused-ring (bicyclic) bond motifs is 1. The normalized spacial score (nSPS) is 40.8. The van der Waals surface area contributed by atoms with Crippen LogP contribution in [0.4, 0.5) is 0 Å². The molecule has 21 heavy (non-hydrogen) atoms. The molecule has 2 saturated heterocycles. The molecule has 0 aromatic carbocycles. The standard InChI is InChI=1S/C17H31N3O/c1-12-5-3-7-15(13(12)2)19-17(21)11-20-8-4-6-14-9-18-10-16(14)20/h12-16,18H,3-11H2,1-2H3,(H,19,21). The molecule has 2 heterocycles. The van der Waals surface area contributed by atoms with Gasteiger partial charge < -0.3 is 10.6 Å². The molecule has 0 bridgehead atoms. The monoisotopic (exact) mass is 293 g/mol. The van der Waals surface area contributed by atoms with Crippen LogP contribution in [-0.2, 0) is 4.79 Å². The van der Waals surface area contributed by atoms with Gasteiger partial charge in [-0.1, -0.05) is 26.7 Å². The summed E-state index contributed by atoms with van der Waals surface area (Å²) in [6, 6.07) is 0.982. The molecule has 1 aliphatic carbocycles. The predicted molar refractivity (Wildman–Crippen MR) is 85.1 cm³/mol. The van der Waals surface area contributed by atoms with Gasteiger partial charge in [0, 0.05) is 18.6 Å². The molecule has 0 aromatic rings. The van der Waals surface area contributed by atoms with Crippen molar-refractivity contribution < 1.29 is 4.79 Å². The molecule has 2 N–H and O–H groups in total. The Balaban J connectivity index is 1.51. The van der Waals surface area contributed by atoms with Gasteiger partial charge in [-0.05, 0) is 50.1 Å². The van der Waals surface area contributed by atoms with Crippen LogP contribution in [0.2, 0.25) is 0 Å².